The number of amidine groups is 1. The van der Waals surface area contributed by atoms with Crippen LogP contribution in [-0.4, -0.2) is 32.4 Å². The second-order valence-corrected chi connectivity index (χ2v) is 7.25. The van der Waals surface area contributed by atoms with Crippen LogP contribution in [0, 0.1) is 6.92 Å². The maximum absolute atomic E-state index is 12.4. The Morgan fingerprint density at radius 2 is 1.75 bits per heavy atom. The fourth-order valence-corrected chi connectivity index (χ4v) is 3.61. The van der Waals surface area contributed by atoms with Crippen LogP contribution in [0.5, 0.6) is 17.2 Å². The van der Waals surface area contributed by atoms with Gasteiger partial charge in [-0.3, -0.25) is 4.79 Å². The van der Waals surface area contributed by atoms with E-state index >= 15 is 0 Å². The molecular formula is C20H19ClN2O4S. The standard InChI is InChI=1S/C20H19ClN2O4S/c1-11-13(21)6-5-7-14(11)22-20-23-19(24)18(28-20)9-12-8-16(26-3)17(27-4)10-15(12)25-2/h5-10H,1-4H3,(H,22,23,24)/b18-9+. The van der Waals surface area contributed by atoms with Crippen molar-refractivity contribution in [3.8, 4) is 17.2 Å². The summed E-state index contributed by atoms with van der Waals surface area (Å²) in [6.45, 7) is 1.88. The lowest BCUT2D eigenvalue weighted by Gasteiger charge is -2.12. The average molecular weight is 419 g/mol. The van der Waals surface area contributed by atoms with Crippen molar-refractivity contribution in [3.05, 3.63) is 51.4 Å². The quantitative estimate of drug-likeness (QED) is 0.720. The Labute approximate surface area is 172 Å². The van der Waals surface area contributed by atoms with Gasteiger partial charge in [0, 0.05) is 16.7 Å². The van der Waals surface area contributed by atoms with Crippen molar-refractivity contribution >= 4 is 46.2 Å². The van der Waals surface area contributed by atoms with E-state index in [4.69, 9.17) is 25.8 Å². The number of hydrogen-bond acceptors (Lipinski definition) is 6. The summed E-state index contributed by atoms with van der Waals surface area (Å²) in [5.74, 6) is 1.42. The molecule has 1 fully saturated rings. The number of carbonyl (C=O) groups excluding carboxylic acids is 1. The lowest BCUT2D eigenvalue weighted by Crippen LogP contribution is -2.19. The highest BCUT2D eigenvalue weighted by Crippen LogP contribution is 2.38. The normalized spacial score (nSPS) is 16.4. The summed E-state index contributed by atoms with van der Waals surface area (Å²) in [7, 11) is 4.66. The maximum atomic E-state index is 12.4. The third-order valence-electron chi connectivity index (χ3n) is 4.13. The van der Waals surface area contributed by atoms with Crippen molar-refractivity contribution in [3.63, 3.8) is 0 Å². The molecule has 0 bridgehead atoms. The molecular weight excluding hydrogens is 400 g/mol. The first-order valence-corrected chi connectivity index (χ1v) is 9.51. The van der Waals surface area contributed by atoms with Crippen LogP contribution in [0.2, 0.25) is 5.02 Å². The fraction of sp³-hybridized carbons (Fsp3) is 0.200. The van der Waals surface area contributed by atoms with Crippen LogP contribution in [0.1, 0.15) is 11.1 Å². The van der Waals surface area contributed by atoms with Gasteiger partial charge in [0.15, 0.2) is 16.7 Å². The number of ether oxygens (including phenoxy) is 3. The number of amides is 1. The van der Waals surface area contributed by atoms with E-state index in [9.17, 15) is 4.79 Å². The predicted octanol–water partition coefficient (Wildman–Crippen LogP) is 4.57. The van der Waals surface area contributed by atoms with Gasteiger partial charge in [-0.25, -0.2) is 4.99 Å². The molecule has 0 spiro atoms. The van der Waals surface area contributed by atoms with E-state index in [1.165, 1.54) is 11.8 Å². The summed E-state index contributed by atoms with van der Waals surface area (Å²) >= 11 is 7.39. The topological polar surface area (TPSA) is 69.2 Å². The number of carbonyl (C=O) groups is 1. The summed E-state index contributed by atoms with van der Waals surface area (Å²) in [6, 6.07) is 8.94. The smallest absolute Gasteiger partial charge is 0.264 e. The molecule has 1 aliphatic rings. The highest BCUT2D eigenvalue weighted by atomic mass is 35.5. The van der Waals surface area contributed by atoms with E-state index < -0.39 is 0 Å². The molecule has 0 radical (unpaired) electrons. The van der Waals surface area contributed by atoms with Crippen LogP contribution in [0.25, 0.3) is 6.08 Å². The van der Waals surface area contributed by atoms with Gasteiger partial charge in [0.25, 0.3) is 5.91 Å². The number of hydrogen-bond donors (Lipinski definition) is 1. The number of rotatable bonds is 5. The molecule has 0 aromatic heterocycles. The largest absolute Gasteiger partial charge is 0.496 e. The van der Waals surface area contributed by atoms with Gasteiger partial charge in [-0.15, -0.1) is 0 Å². The Morgan fingerprint density at radius 1 is 1.07 bits per heavy atom. The first kappa shape index (κ1) is 20.1. The van der Waals surface area contributed by atoms with E-state index in [2.05, 4.69) is 10.3 Å². The second-order valence-electron chi connectivity index (χ2n) is 5.81. The summed E-state index contributed by atoms with van der Waals surface area (Å²) in [5.41, 5.74) is 2.25. The van der Waals surface area contributed by atoms with Gasteiger partial charge in [0.2, 0.25) is 0 Å². The van der Waals surface area contributed by atoms with Crippen molar-refractivity contribution in [2.24, 2.45) is 4.99 Å². The highest BCUT2D eigenvalue weighted by Gasteiger charge is 2.25. The van der Waals surface area contributed by atoms with Crippen LogP contribution < -0.4 is 19.5 Å². The Balaban J connectivity index is 1.95. The molecule has 146 valence electrons. The van der Waals surface area contributed by atoms with Crippen LogP contribution in [0.15, 0.2) is 40.2 Å². The molecule has 0 unspecified atom stereocenters. The summed E-state index contributed by atoms with van der Waals surface area (Å²) in [4.78, 5) is 17.4. The minimum absolute atomic E-state index is 0.236. The molecule has 1 N–H and O–H groups in total. The zero-order chi connectivity index (χ0) is 20.3. The Bertz CT molecular complexity index is 988. The second kappa shape index (κ2) is 8.58. The number of nitrogens with one attached hydrogen (secondary N) is 1. The number of aliphatic imine (C=N–C) groups is 1. The van der Waals surface area contributed by atoms with E-state index in [1.807, 2.05) is 19.1 Å². The van der Waals surface area contributed by atoms with Crippen molar-refractivity contribution < 1.29 is 19.0 Å². The Morgan fingerprint density at radius 3 is 2.43 bits per heavy atom. The monoisotopic (exact) mass is 418 g/mol. The van der Waals surface area contributed by atoms with Gasteiger partial charge in [-0.2, -0.15) is 0 Å². The molecule has 3 rings (SSSR count). The Hall–Kier alpha value is -2.64. The van der Waals surface area contributed by atoms with Crippen LogP contribution in [-0.2, 0) is 4.79 Å². The molecule has 0 saturated carbocycles. The van der Waals surface area contributed by atoms with E-state index in [0.29, 0.717) is 43.6 Å². The molecule has 0 aliphatic carbocycles. The maximum Gasteiger partial charge on any atom is 0.264 e. The minimum Gasteiger partial charge on any atom is -0.496 e. The minimum atomic E-state index is -0.236. The number of methoxy groups -OCH3 is 3. The molecule has 1 heterocycles. The Kier molecular flexibility index (Phi) is 6.16. The van der Waals surface area contributed by atoms with Gasteiger partial charge in [0.1, 0.15) is 5.75 Å². The highest BCUT2D eigenvalue weighted by molar-refractivity contribution is 8.18. The number of nitrogens with zero attached hydrogens (tertiary/aromatic N) is 1. The first-order valence-electron chi connectivity index (χ1n) is 8.31. The summed E-state index contributed by atoms with van der Waals surface area (Å²) in [6.07, 6.45) is 1.73. The van der Waals surface area contributed by atoms with E-state index in [-0.39, 0.29) is 5.91 Å². The summed E-state index contributed by atoms with van der Waals surface area (Å²) < 4.78 is 16.0. The number of thioether (sulfide) groups is 1. The molecule has 1 saturated heterocycles. The molecule has 28 heavy (non-hydrogen) atoms. The van der Waals surface area contributed by atoms with Gasteiger partial charge >= 0.3 is 0 Å². The molecule has 2 aromatic rings. The van der Waals surface area contributed by atoms with Crippen LogP contribution >= 0.6 is 23.4 Å². The van der Waals surface area contributed by atoms with Crippen molar-refractivity contribution in [1.82, 2.24) is 5.32 Å². The molecule has 0 atom stereocenters. The number of benzene rings is 2. The van der Waals surface area contributed by atoms with E-state index in [0.717, 1.165) is 5.56 Å². The fourth-order valence-electron chi connectivity index (χ4n) is 2.61. The lowest BCUT2D eigenvalue weighted by molar-refractivity contribution is -0.115. The zero-order valence-corrected chi connectivity index (χ0v) is 17.4. The molecule has 1 aliphatic heterocycles. The SMILES string of the molecule is COc1cc(OC)c(OC)cc1/C=C1/SC(=Nc2cccc(Cl)c2C)NC1=O. The molecule has 1 amide bonds. The molecule has 8 heteroatoms. The van der Waals surface area contributed by atoms with Crippen molar-refractivity contribution in [1.29, 1.82) is 0 Å². The molecule has 2 aromatic carbocycles. The van der Waals surface area contributed by atoms with Crippen LogP contribution in [0.4, 0.5) is 5.69 Å². The molecule has 6 nitrogen and oxygen atoms in total. The average Bonchev–Trinajstić information content (AvgIpc) is 3.03. The summed E-state index contributed by atoms with van der Waals surface area (Å²) in [5, 5.41) is 3.89. The van der Waals surface area contributed by atoms with Gasteiger partial charge in [-0.1, -0.05) is 17.7 Å². The predicted molar refractivity (Wildman–Crippen MR) is 113 cm³/mol. The third kappa shape index (κ3) is 4.10. The third-order valence-corrected chi connectivity index (χ3v) is 5.45. The van der Waals surface area contributed by atoms with Crippen molar-refractivity contribution in [2.45, 2.75) is 6.92 Å². The van der Waals surface area contributed by atoms with Crippen LogP contribution in [0.3, 0.4) is 0 Å². The van der Waals surface area contributed by atoms with Gasteiger partial charge in [0.05, 0.1) is 31.9 Å². The van der Waals surface area contributed by atoms with E-state index in [1.54, 1.807) is 45.6 Å². The van der Waals surface area contributed by atoms with Gasteiger partial charge < -0.3 is 19.5 Å². The first-order chi connectivity index (χ1) is 13.5. The zero-order valence-electron chi connectivity index (χ0n) is 15.8. The van der Waals surface area contributed by atoms with Gasteiger partial charge in [-0.05, 0) is 48.5 Å². The van der Waals surface area contributed by atoms with Crippen molar-refractivity contribution in [2.75, 3.05) is 21.3 Å². The number of halogens is 1. The lowest BCUT2D eigenvalue weighted by atomic mass is 10.1.